The molecule has 4 nitrogen and oxygen atoms in total. The molecule has 0 radical (unpaired) electrons. The summed E-state index contributed by atoms with van der Waals surface area (Å²) in [5.74, 6) is 0.746. The van der Waals surface area contributed by atoms with Gasteiger partial charge in [0, 0.05) is 12.6 Å². The largest absolute Gasteiger partial charge is 0.493 e. The Labute approximate surface area is 108 Å². The number of rotatable bonds is 6. The van der Waals surface area contributed by atoms with E-state index in [1.807, 2.05) is 37.3 Å². The molecular weight excluding hydrogens is 240 g/mol. The van der Waals surface area contributed by atoms with Crippen LogP contribution in [0.3, 0.4) is 0 Å². The number of carbonyl (C=O) groups is 1. The summed E-state index contributed by atoms with van der Waals surface area (Å²) in [4.78, 5) is 11.4. The first-order chi connectivity index (χ1) is 7.72. The normalized spacial score (nSPS) is 11.2. The van der Waals surface area contributed by atoms with Gasteiger partial charge in [-0.25, -0.2) is 0 Å². The number of carbonyl (C=O) groups excluding carboxylic acids is 1. The maximum atomic E-state index is 11.4. The van der Waals surface area contributed by atoms with Crippen LogP contribution in [0.25, 0.3) is 0 Å². The third-order valence-electron chi connectivity index (χ3n) is 2.10. The summed E-state index contributed by atoms with van der Waals surface area (Å²) in [6.07, 6.45) is 0.346. The fourth-order valence-corrected chi connectivity index (χ4v) is 1.18. The summed E-state index contributed by atoms with van der Waals surface area (Å²) in [7, 11) is 0. The molecule has 1 amide bonds. The van der Waals surface area contributed by atoms with Crippen LogP contribution in [0.4, 0.5) is 0 Å². The standard InChI is InChI=1S/C12H18N2O2.ClH/c1-10(9-13)14-12(15)7-8-16-11-5-3-2-4-6-11;/h2-6,10H,7-9,13H2,1H3,(H,14,15);1H/t10-;/m0./s1. The predicted molar refractivity (Wildman–Crippen MR) is 70.5 cm³/mol. The van der Waals surface area contributed by atoms with Crippen LogP contribution in [0.1, 0.15) is 13.3 Å². The molecule has 0 fully saturated rings. The fourth-order valence-electron chi connectivity index (χ4n) is 1.18. The van der Waals surface area contributed by atoms with Crippen LogP contribution in [0, 0.1) is 0 Å². The second-order valence-corrected chi connectivity index (χ2v) is 3.62. The first kappa shape index (κ1) is 15.7. The van der Waals surface area contributed by atoms with Crippen molar-refractivity contribution in [3.05, 3.63) is 30.3 Å². The molecule has 1 atom stereocenters. The molecular formula is C12H19ClN2O2. The van der Waals surface area contributed by atoms with Crippen molar-refractivity contribution < 1.29 is 9.53 Å². The van der Waals surface area contributed by atoms with Gasteiger partial charge >= 0.3 is 0 Å². The van der Waals surface area contributed by atoms with Crippen molar-refractivity contribution in [1.29, 1.82) is 0 Å². The van der Waals surface area contributed by atoms with E-state index in [0.717, 1.165) is 5.75 Å². The molecule has 0 saturated carbocycles. The number of amides is 1. The zero-order chi connectivity index (χ0) is 11.8. The topological polar surface area (TPSA) is 64.3 Å². The Kier molecular flexibility index (Phi) is 8.19. The van der Waals surface area contributed by atoms with E-state index in [1.54, 1.807) is 0 Å². The third kappa shape index (κ3) is 6.81. The molecule has 0 spiro atoms. The molecule has 0 aliphatic heterocycles. The highest BCUT2D eigenvalue weighted by molar-refractivity contribution is 5.85. The number of ether oxygens (including phenoxy) is 1. The SMILES string of the molecule is C[C@@H](CN)NC(=O)CCOc1ccccc1.Cl. The molecule has 5 heteroatoms. The van der Waals surface area contributed by atoms with Gasteiger partial charge in [0.1, 0.15) is 5.75 Å². The Bertz CT molecular complexity index is 320. The second kappa shape index (κ2) is 8.84. The molecule has 0 aliphatic rings. The van der Waals surface area contributed by atoms with Gasteiger partial charge in [-0.15, -0.1) is 12.4 Å². The van der Waals surface area contributed by atoms with Crippen LogP contribution >= 0.6 is 12.4 Å². The van der Waals surface area contributed by atoms with Crippen LogP contribution in [0.15, 0.2) is 30.3 Å². The number of halogens is 1. The van der Waals surface area contributed by atoms with Gasteiger partial charge in [-0.1, -0.05) is 18.2 Å². The van der Waals surface area contributed by atoms with E-state index in [9.17, 15) is 4.79 Å². The summed E-state index contributed by atoms with van der Waals surface area (Å²) < 4.78 is 5.40. The minimum atomic E-state index is -0.0334. The van der Waals surface area contributed by atoms with Crippen molar-refractivity contribution in [2.75, 3.05) is 13.2 Å². The zero-order valence-corrected chi connectivity index (χ0v) is 10.7. The summed E-state index contributed by atoms with van der Waals surface area (Å²) in [5.41, 5.74) is 5.39. The molecule has 0 saturated heterocycles. The molecule has 0 aliphatic carbocycles. The molecule has 0 aromatic heterocycles. The Hall–Kier alpha value is -1.26. The lowest BCUT2D eigenvalue weighted by atomic mass is 10.3. The average molecular weight is 259 g/mol. The van der Waals surface area contributed by atoms with Gasteiger partial charge in [0.15, 0.2) is 0 Å². The summed E-state index contributed by atoms with van der Waals surface area (Å²) >= 11 is 0. The molecule has 1 aromatic rings. The Balaban J connectivity index is 0.00000256. The zero-order valence-electron chi connectivity index (χ0n) is 9.89. The van der Waals surface area contributed by atoms with E-state index < -0.39 is 0 Å². The fraction of sp³-hybridized carbons (Fsp3) is 0.417. The van der Waals surface area contributed by atoms with Crippen LogP contribution in [-0.2, 0) is 4.79 Å². The molecule has 0 bridgehead atoms. The summed E-state index contributed by atoms with van der Waals surface area (Å²) in [6, 6.07) is 9.45. The van der Waals surface area contributed by atoms with Gasteiger partial charge < -0.3 is 15.8 Å². The van der Waals surface area contributed by atoms with Crippen LogP contribution < -0.4 is 15.8 Å². The first-order valence-corrected chi connectivity index (χ1v) is 5.39. The van der Waals surface area contributed by atoms with Crippen molar-refractivity contribution in [1.82, 2.24) is 5.32 Å². The predicted octanol–water partition coefficient (Wildman–Crippen LogP) is 1.34. The number of nitrogens with one attached hydrogen (secondary N) is 1. The molecule has 0 unspecified atom stereocenters. The van der Waals surface area contributed by atoms with E-state index in [2.05, 4.69) is 5.32 Å². The van der Waals surface area contributed by atoms with Crippen molar-refractivity contribution in [3.63, 3.8) is 0 Å². The van der Waals surface area contributed by atoms with Crippen molar-refractivity contribution >= 4 is 18.3 Å². The first-order valence-electron chi connectivity index (χ1n) is 5.39. The summed E-state index contributed by atoms with van der Waals surface area (Å²) in [6.45, 7) is 2.70. The monoisotopic (exact) mass is 258 g/mol. The minimum Gasteiger partial charge on any atom is -0.493 e. The van der Waals surface area contributed by atoms with Gasteiger partial charge in [-0.2, -0.15) is 0 Å². The van der Waals surface area contributed by atoms with Gasteiger partial charge in [0.2, 0.25) is 5.91 Å². The lowest BCUT2D eigenvalue weighted by Crippen LogP contribution is -2.38. The Morgan fingerprint density at radius 3 is 2.65 bits per heavy atom. The van der Waals surface area contributed by atoms with E-state index in [-0.39, 0.29) is 24.4 Å². The van der Waals surface area contributed by atoms with Crippen LogP contribution in [0.2, 0.25) is 0 Å². The van der Waals surface area contributed by atoms with Crippen LogP contribution in [0.5, 0.6) is 5.75 Å². The summed E-state index contributed by atoms with van der Waals surface area (Å²) in [5, 5.41) is 2.77. The highest BCUT2D eigenvalue weighted by Crippen LogP contribution is 2.08. The van der Waals surface area contributed by atoms with Gasteiger partial charge in [-0.05, 0) is 19.1 Å². The highest BCUT2D eigenvalue weighted by Gasteiger charge is 2.05. The van der Waals surface area contributed by atoms with Crippen molar-refractivity contribution in [3.8, 4) is 5.75 Å². The third-order valence-corrected chi connectivity index (χ3v) is 2.10. The van der Waals surface area contributed by atoms with Crippen LogP contribution in [-0.4, -0.2) is 25.1 Å². The molecule has 17 heavy (non-hydrogen) atoms. The molecule has 1 rings (SSSR count). The lowest BCUT2D eigenvalue weighted by Gasteiger charge is -2.11. The Morgan fingerprint density at radius 2 is 2.06 bits per heavy atom. The smallest absolute Gasteiger partial charge is 0.223 e. The average Bonchev–Trinajstić information content (AvgIpc) is 2.30. The quantitative estimate of drug-likeness (QED) is 0.809. The van der Waals surface area contributed by atoms with Crippen molar-refractivity contribution in [2.24, 2.45) is 5.73 Å². The number of hydrogen-bond donors (Lipinski definition) is 2. The molecule has 96 valence electrons. The number of para-hydroxylation sites is 1. The molecule has 0 heterocycles. The maximum absolute atomic E-state index is 11.4. The van der Waals surface area contributed by atoms with Gasteiger partial charge in [0.05, 0.1) is 13.0 Å². The highest BCUT2D eigenvalue weighted by atomic mass is 35.5. The van der Waals surface area contributed by atoms with Crippen molar-refractivity contribution in [2.45, 2.75) is 19.4 Å². The molecule has 1 aromatic carbocycles. The number of nitrogens with two attached hydrogens (primary N) is 1. The van der Waals surface area contributed by atoms with E-state index >= 15 is 0 Å². The van der Waals surface area contributed by atoms with E-state index in [4.69, 9.17) is 10.5 Å². The lowest BCUT2D eigenvalue weighted by molar-refractivity contribution is -0.122. The molecule has 3 N–H and O–H groups in total. The number of benzene rings is 1. The van der Waals surface area contributed by atoms with E-state index in [0.29, 0.717) is 19.6 Å². The van der Waals surface area contributed by atoms with Gasteiger partial charge in [-0.3, -0.25) is 4.79 Å². The minimum absolute atomic E-state index is 0. The number of hydrogen-bond acceptors (Lipinski definition) is 3. The van der Waals surface area contributed by atoms with E-state index in [1.165, 1.54) is 0 Å². The maximum Gasteiger partial charge on any atom is 0.223 e. The van der Waals surface area contributed by atoms with Gasteiger partial charge in [0.25, 0.3) is 0 Å². The second-order valence-electron chi connectivity index (χ2n) is 3.62. The Morgan fingerprint density at radius 1 is 1.41 bits per heavy atom.